The average Bonchev–Trinajstić information content (AvgIpc) is 2.44. The molecule has 116 valence electrons. The summed E-state index contributed by atoms with van der Waals surface area (Å²) in [6.45, 7) is 1.83. The van der Waals surface area contributed by atoms with Crippen LogP contribution < -0.4 is 4.72 Å². The summed E-state index contributed by atoms with van der Waals surface area (Å²) in [5, 5.41) is 10.2. The number of sulfonamides is 1. The highest BCUT2D eigenvalue weighted by molar-refractivity contribution is 7.92. The van der Waals surface area contributed by atoms with Gasteiger partial charge in [0.15, 0.2) is 0 Å². The third kappa shape index (κ3) is 3.32. The van der Waals surface area contributed by atoms with Gasteiger partial charge in [0.25, 0.3) is 15.7 Å². The first-order chi connectivity index (χ1) is 10.2. The van der Waals surface area contributed by atoms with Gasteiger partial charge in [0, 0.05) is 6.07 Å². The van der Waals surface area contributed by atoms with Crippen molar-refractivity contribution in [3.05, 3.63) is 62.1 Å². The van der Waals surface area contributed by atoms with E-state index in [0.29, 0.717) is 0 Å². The molecule has 0 aliphatic rings. The van der Waals surface area contributed by atoms with Crippen LogP contribution in [0.5, 0.6) is 0 Å². The minimum Gasteiger partial charge on any atom is -0.278 e. The molecule has 0 heterocycles. The molecular formula is C13H10Cl2N2O4S. The quantitative estimate of drug-likeness (QED) is 0.658. The van der Waals surface area contributed by atoms with E-state index in [1.165, 1.54) is 18.2 Å². The molecule has 0 aliphatic carbocycles. The second-order valence-corrected chi connectivity index (χ2v) is 6.87. The van der Waals surface area contributed by atoms with E-state index in [0.717, 1.165) is 11.6 Å². The summed E-state index contributed by atoms with van der Waals surface area (Å²) in [6, 6.07) is 8.47. The third-order valence-electron chi connectivity index (χ3n) is 2.83. The Morgan fingerprint density at radius 3 is 2.18 bits per heavy atom. The van der Waals surface area contributed by atoms with E-state index in [1.807, 2.05) is 6.92 Å². The van der Waals surface area contributed by atoms with Crippen molar-refractivity contribution in [3.8, 4) is 0 Å². The molecule has 0 fully saturated rings. The van der Waals surface area contributed by atoms with Gasteiger partial charge in [-0.2, -0.15) is 0 Å². The first-order valence-corrected chi connectivity index (χ1v) is 8.18. The number of nitro benzene ring substituents is 1. The molecule has 0 bridgehead atoms. The molecule has 0 aliphatic heterocycles. The third-order valence-corrected chi connectivity index (χ3v) is 5.09. The maximum Gasteiger partial charge on any atom is 0.289 e. The molecule has 2 rings (SSSR count). The molecule has 0 unspecified atom stereocenters. The molecule has 0 saturated carbocycles. The molecule has 0 aromatic heterocycles. The lowest BCUT2D eigenvalue weighted by atomic mass is 10.2. The van der Waals surface area contributed by atoms with Crippen molar-refractivity contribution in [1.29, 1.82) is 0 Å². The van der Waals surface area contributed by atoms with Gasteiger partial charge in [-0.3, -0.25) is 14.8 Å². The fourth-order valence-electron chi connectivity index (χ4n) is 1.68. The van der Waals surface area contributed by atoms with Gasteiger partial charge in [-0.05, 0) is 25.1 Å². The molecule has 22 heavy (non-hydrogen) atoms. The van der Waals surface area contributed by atoms with Crippen molar-refractivity contribution >= 4 is 44.6 Å². The molecule has 2 aromatic carbocycles. The molecule has 6 nitrogen and oxygen atoms in total. The Balaban J connectivity index is 2.40. The lowest BCUT2D eigenvalue weighted by Crippen LogP contribution is -2.13. The maximum absolute atomic E-state index is 12.2. The molecule has 1 N–H and O–H groups in total. The van der Waals surface area contributed by atoms with Crippen molar-refractivity contribution in [2.45, 2.75) is 11.8 Å². The molecule has 2 aromatic rings. The number of benzene rings is 2. The number of hydrogen-bond acceptors (Lipinski definition) is 4. The highest BCUT2D eigenvalue weighted by Gasteiger charge is 2.21. The van der Waals surface area contributed by atoms with Crippen LogP contribution in [0.25, 0.3) is 0 Å². The zero-order valence-corrected chi connectivity index (χ0v) is 13.5. The van der Waals surface area contributed by atoms with Crippen LogP contribution >= 0.6 is 23.2 Å². The Morgan fingerprint density at radius 2 is 1.64 bits per heavy atom. The Labute approximate surface area is 136 Å². The van der Waals surface area contributed by atoms with E-state index in [-0.39, 0.29) is 20.6 Å². The van der Waals surface area contributed by atoms with E-state index in [4.69, 9.17) is 23.2 Å². The van der Waals surface area contributed by atoms with Crippen molar-refractivity contribution in [2.75, 3.05) is 4.72 Å². The van der Waals surface area contributed by atoms with E-state index in [1.54, 1.807) is 12.1 Å². The standard InChI is InChI=1S/C13H10Cl2N2O4S/c1-8-2-4-9(5-3-8)22(20,21)16-10-6-7-11(17(18)19)13(15)12(10)14/h2-7,16H,1H3. The molecular weight excluding hydrogens is 351 g/mol. The largest absolute Gasteiger partial charge is 0.289 e. The van der Waals surface area contributed by atoms with Gasteiger partial charge in [-0.1, -0.05) is 40.9 Å². The predicted molar refractivity (Wildman–Crippen MR) is 85.1 cm³/mol. The first kappa shape index (κ1) is 16.5. The van der Waals surface area contributed by atoms with E-state index in [9.17, 15) is 18.5 Å². The number of nitrogens with zero attached hydrogens (tertiary/aromatic N) is 1. The molecule has 0 saturated heterocycles. The highest BCUT2D eigenvalue weighted by atomic mass is 35.5. The second-order valence-electron chi connectivity index (χ2n) is 4.44. The van der Waals surface area contributed by atoms with Crippen LogP contribution in [-0.2, 0) is 10.0 Å². The monoisotopic (exact) mass is 360 g/mol. The van der Waals surface area contributed by atoms with E-state index in [2.05, 4.69) is 4.72 Å². The molecule has 0 radical (unpaired) electrons. The first-order valence-electron chi connectivity index (χ1n) is 5.94. The summed E-state index contributed by atoms with van der Waals surface area (Å²) in [6.07, 6.45) is 0. The van der Waals surface area contributed by atoms with E-state index < -0.39 is 20.6 Å². The van der Waals surface area contributed by atoms with Gasteiger partial charge < -0.3 is 0 Å². The molecule has 9 heteroatoms. The summed E-state index contributed by atoms with van der Waals surface area (Å²) in [5.41, 5.74) is 0.484. The van der Waals surface area contributed by atoms with Gasteiger partial charge in [0.2, 0.25) is 0 Å². The predicted octanol–water partition coefficient (Wildman–Crippen LogP) is 4.01. The zero-order chi connectivity index (χ0) is 16.5. The minimum atomic E-state index is -3.87. The Bertz CT molecular complexity index is 836. The summed E-state index contributed by atoms with van der Waals surface area (Å²) in [4.78, 5) is 10.1. The van der Waals surface area contributed by atoms with Gasteiger partial charge in [-0.25, -0.2) is 8.42 Å². The minimum absolute atomic E-state index is 0.0298. The van der Waals surface area contributed by atoms with Crippen LogP contribution in [0.3, 0.4) is 0 Å². The summed E-state index contributed by atoms with van der Waals surface area (Å²) >= 11 is 11.7. The number of halogens is 2. The van der Waals surface area contributed by atoms with Gasteiger partial charge >= 0.3 is 0 Å². The van der Waals surface area contributed by atoms with Crippen molar-refractivity contribution in [2.24, 2.45) is 0 Å². The molecule has 0 atom stereocenters. The lowest BCUT2D eigenvalue weighted by molar-refractivity contribution is -0.384. The van der Waals surface area contributed by atoms with Crippen LogP contribution in [0.1, 0.15) is 5.56 Å². The highest BCUT2D eigenvalue weighted by Crippen LogP contribution is 2.37. The normalized spacial score (nSPS) is 11.2. The number of rotatable bonds is 4. The van der Waals surface area contributed by atoms with Gasteiger partial charge in [0.05, 0.1) is 20.5 Å². The Hall–Kier alpha value is -1.83. The van der Waals surface area contributed by atoms with E-state index >= 15 is 0 Å². The summed E-state index contributed by atoms with van der Waals surface area (Å²) < 4.78 is 26.8. The van der Waals surface area contributed by atoms with Crippen molar-refractivity contribution in [3.63, 3.8) is 0 Å². The van der Waals surface area contributed by atoms with Crippen molar-refractivity contribution < 1.29 is 13.3 Å². The van der Waals surface area contributed by atoms with Gasteiger partial charge in [0.1, 0.15) is 5.02 Å². The fourth-order valence-corrected chi connectivity index (χ4v) is 3.25. The van der Waals surface area contributed by atoms with Gasteiger partial charge in [-0.15, -0.1) is 0 Å². The summed E-state index contributed by atoms with van der Waals surface area (Å²) in [7, 11) is -3.87. The molecule has 0 amide bonds. The molecule has 0 spiro atoms. The van der Waals surface area contributed by atoms with Crippen LogP contribution in [-0.4, -0.2) is 13.3 Å². The summed E-state index contributed by atoms with van der Waals surface area (Å²) in [5.74, 6) is 0. The average molecular weight is 361 g/mol. The van der Waals surface area contributed by atoms with Crippen LogP contribution in [0.2, 0.25) is 10.0 Å². The SMILES string of the molecule is Cc1ccc(S(=O)(=O)Nc2ccc([N+](=O)[O-])c(Cl)c2Cl)cc1. The van der Waals surface area contributed by atoms with Crippen LogP contribution in [0.15, 0.2) is 41.3 Å². The maximum atomic E-state index is 12.2. The smallest absolute Gasteiger partial charge is 0.278 e. The van der Waals surface area contributed by atoms with Crippen LogP contribution in [0, 0.1) is 17.0 Å². The topological polar surface area (TPSA) is 89.3 Å². The van der Waals surface area contributed by atoms with Crippen molar-refractivity contribution in [1.82, 2.24) is 0 Å². The second kappa shape index (κ2) is 6.12. The number of anilines is 1. The zero-order valence-electron chi connectivity index (χ0n) is 11.2. The Morgan fingerprint density at radius 1 is 1.05 bits per heavy atom. The lowest BCUT2D eigenvalue weighted by Gasteiger charge is -2.10. The fraction of sp³-hybridized carbons (Fsp3) is 0.0769. The Kier molecular flexibility index (Phi) is 4.60. The number of hydrogen-bond donors (Lipinski definition) is 1. The number of aryl methyl sites for hydroxylation is 1. The number of nitro groups is 1. The number of nitrogens with one attached hydrogen (secondary N) is 1. The van der Waals surface area contributed by atoms with Crippen LogP contribution in [0.4, 0.5) is 11.4 Å².